The third kappa shape index (κ3) is 4.92. The summed E-state index contributed by atoms with van der Waals surface area (Å²) in [5.41, 5.74) is 2.24. The first-order chi connectivity index (χ1) is 22.0. The summed E-state index contributed by atoms with van der Waals surface area (Å²) in [4.78, 5) is 47.4. The molecule has 2 aromatic heterocycles. The molecule has 4 heterocycles. The lowest BCUT2D eigenvalue weighted by atomic mass is 9.71. The summed E-state index contributed by atoms with van der Waals surface area (Å²) in [5, 5.41) is 7.45. The number of amides is 2. The molecular weight excluding hydrogens is 591 g/mol. The molecule has 12 heteroatoms. The lowest BCUT2D eigenvalue weighted by molar-refractivity contribution is -0.116. The van der Waals surface area contributed by atoms with E-state index in [4.69, 9.17) is 14.5 Å². The van der Waals surface area contributed by atoms with Gasteiger partial charge in [0.15, 0.2) is 5.82 Å². The van der Waals surface area contributed by atoms with Crippen LogP contribution in [0, 0.1) is 11.7 Å². The molecule has 0 unspecified atom stereocenters. The summed E-state index contributed by atoms with van der Waals surface area (Å²) in [6, 6.07) is 5.01. The van der Waals surface area contributed by atoms with Gasteiger partial charge in [-0.05, 0) is 94.4 Å². The molecule has 2 saturated carbocycles. The van der Waals surface area contributed by atoms with Crippen molar-refractivity contribution in [1.29, 1.82) is 0 Å². The summed E-state index contributed by atoms with van der Waals surface area (Å²) in [5.74, 6) is 0.633. The quantitative estimate of drug-likeness (QED) is 0.433. The molecule has 0 radical (unpaired) electrons. The fourth-order valence-corrected chi connectivity index (χ4v) is 7.91. The summed E-state index contributed by atoms with van der Waals surface area (Å²) >= 11 is 0. The van der Waals surface area contributed by atoms with Crippen molar-refractivity contribution in [2.24, 2.45) is 5.92 Å². The van der Waals surface area contributed by atoms with Gasteiger partial charge < -0.3 is 24.3 Å². The second-order valence-corrected chi connectivity index (χ2v) is 14.5. The van der Waals surface area contributed by atoms with Crippen LogP contribution in [0.4, 0.5) is 14.9 Å². The molecule has 2 atom stereocenters. The van der Waals surface area contributed by atoms with Crippen LogP contribution < -0.4 is 10.9 Å². The molecule has 3 aliphatic carbocycles. The van der Waals surface area contributed by atoms with Crippen LogP contribution in [0.2, 0.25) is 0 Å². The van der Waals surface area contributed by atoms with Gasteiger partial charge in [-0.1, -0.05) is 12.1 Å². The summed E-state index contributed by atoms with van der Waals surface area (Å²) < 4.78 is 29.3. The number of carbonyl (C=O) groups is 2. The minimum absolute atomic E-state index is 0.102. The van der Waals surface area contributed by atoms with E-state index >= 15 is 4.39 Å². The Bertz CT molecular complexity index is 1860. The topological polar surface area (TPSA) is 120 Å². The van der Waals surface area contributed by atoms with Crippen LogP contribution >= 0.6 is 0 Å². The van der Waals surface area contributed by atoms with Crippen LogP contribution in [0.15, 0.2) is 29.1 Å². The highest BCUT2D eigenvalue weighted by Gasteiger charge is 2.64. The molecule has 8 rings (SSSR count). The molecule has 1 aromatic carbocycles. The van der Waals surface area contributed by atoms with Crippen LogP contribution in [0.1, 0.15) is 93.8 Å². The highest BCUT2D eigenvalue weighted by Crippen LogP contribution is 2.67. The van der Waals surface area contributed by atoms with E-state index < -0.39 is 22.7 Å². The van der Waals surface area contributed by atoms with Crippen LogP contribution in [0.3, 0.4) is 0 Å². The van der Waals surface area contributed by atoms with E-state index in [0.717, 1.165) is 36.1 Å². The Kier molecular flexibility index (Phi) is 6.69. The standard InChI is InChI=1S/C34H39FN6O5/c1-33(2,3)46-32(44)39-12-10-34(11-13-39)23-17-22(23)28-27(34)30(43)41-31(37-29(38-41)20-8-14-45-15-9-20)40(28)18-26(42)36-25-7-6-21(16-24(25)35)19-4-5-19/h6-8,16,19,22-23H,4-5,9-15,17-18H2,1-3H3,(H,36,42)/t22-,23+/m0/s1. The minimum atomic E-state index is -0.597. The van der Waals surface area contributed by atoms with Gasteiger partial charge in [0.2, 0.25) is 11.7 Å². The summed E-state index contributed by atoms with van der Waals surface area (Å²) in [7, 11) is 0. The number of nitrogens with zero attached hydrogens (tertiary/aromatic N) is 5. The van der Waals surface area contributed by atoms with E-state index in [1.807, 2.05) is 37.5 Å². The third-order valence-electron chi connectivity index (χ3n) is 10.3. The van der Waals surface area contributed by atoms with E-state index in [2.05, 4.69) is 10.4 Å². The molecule has 1 spiro atoms. The van der Waals surface area contributed by atoms with Gasteiger partial charge in [0, 0.05) is 35.7 Å². The Labute approximate surface area is 265 Å². The van der Waals surface area contributed by atoms with Crippen molar-refractivity contribution >= 4 is 29.0 Å². The Balaban J connectivity index is 1.16. The largest absolute Gasteiger partial charge is 0.444 e. The molecule has 11 nitrogen and oxygen atoms in total. The van der Waals surface area contributed by atoms with Gasteiger partial charge >= 0.3 is 6.09 Å². The smallest absolute Gasteiger partial charge is 0.410 e. The SMILES string of the molecule is CC(C)(C)OC(=O)N1CCC2(CC1)c1c(n(CC(=O)Nc3ccc(C4CC4)cc3F)c3nc(C4=CCOCC4)nn3c1=O)[C@H]1C[C@H]12. The maximum atomic E-state index is 15.0. The number of aromatic nitrogens is 4. The molecule has 3 aromatic rings. The van der Waals surface area contributed by atoms with E-state index in [-0.39, 0.29) is 35.7 Å². The molecule has 242 valence electrons. The first kappa shape index (κ1) is 29.3. The Hall–Kier alpha value is -4.06. The monoisotopic (exact) mass is 630 g/mol. The van der Waals surface area contributed by atoms with Crippen molar-refractivity contribution in [1.82, 2.24) is 24.1 Å². The van der Waals surface area contributed by atoms with Gasteiger partial charge in [-0.15, -0.1) is 5.10 Å². The van der Waals surface area contributed by atoms with Crippen LogP contribution in [0.5, 0.6) is 0 Å². The van der Waals surface area contributed by atoms with E-state index in [1.54, 1.807) is 11.0 Å². The van der Waals surface area contributed by atoms with Crippen molar-refractivity contribution in [3.8, 4) is 0 Å². The van der Waals surface area contributed by atoms with Gasteiger partial charge in [0.1, 0.15) is 18.0 Å². The van der Waals surface area contributed by atoms with Crippen molar-refractivity contribution in [2.75, 3.05) is 31.6 Å². The second kappa shape index (κ2) is 10.5. The Morgan fingerprint density at radius 1 is 1.20 bits per heavy atom. The molecule has 1 N–H and O–H groups in total. The van der Waals surface area contributed by atoms with Crippen molar-refractivity contribution in [3.63, 3.8) is 0 Å². The number of halogens is 1. The van der Waals surface area contributed by atoms with Crippen molar-refractivity contribution in [2.45, 2.75) is 88.7 Å². The molecule has 2 amide bonds. The first-order valence-corrected chi connectivity index (χ1v) is 16.4. The number of benzene rings is 1. The average molecular weight is 631 g/mol. The molecule has 3 fully saturated rings. The zero-order valence-electron chi connectivity index (χ0n) is 26.5. The Morgan fingerprint density at radius 2 is 1.98 bits per heavy atom. The zero-order chi connectivity index (χ0) is 32.0. The van der Waals surface area contributed by atoms with E-state index in [0.29, 0.717) is 68.6 Å². The molecule has 0 bridgehead atoms. The highest BCUT2D eigenvalue weighted by molar-refractivity contribution is 5.91. The molecule has 5 aliphatic rings. The van der Waals surface area contributed by atoms with Gasteiger partial charge in [0.25, 0.3) is 5.56 Å². The number of ether oxygens (including phenoxy) is 2. The highest BCUT2D eigenvalue weighted by atomic mass is 19.1. The van der Waals surface area contributed by atoms with Gasteiger partial charge in [-0.25, -0.2) is 9.18 Å². The molecule has 46 heavy (non-hydrogen) atoms. The predicted octanol–water partition coefficient (Wildman–Crippen LogP) is 4.74. The number of rotatable bonds is 5. The van der Waals surface area contributed by atoms with Crippen molar-refractivity contribution < 1.29 is 23.5 Å². The summed E-state index contributed by atoms with van der Waals surface area (Å²) in [6.45, 7) is 7.34. The van der Waals surface area contributed by atoms with E-state index in [9.17, 15) is 14.4 Å². The number of fused-ring (bicyclic) bond motifs is 6. The number of carbonyl (C=O) groups excluding carboxylic acids is 2. The Morgan fingerprint density at radius 3 is 2.65 bits per heavy atom. The number of hydrogen-bond acceptors (Lipinski definition) is 7. The number of anilines is 1. The van der Waals surface area contributed by atoms with Crippen LogP contribution in [-0.2, 0) is 26.2 Å². The third-order valence-corrected chi connectivity index (χ3v) is 10.3. The fraction of sp³-hybridized carbons (Fsp3) is 0.559. The molecule has 1 saturated heterocycles. The number of piperidine rings is 1. The normalized spacial score (nSPS) is 23.2. The van der Waals surface area contributed by atoms with Crippen LogP contribution in [0.25, 0.3) is 11.4 Å². The zero-order valence-corrected chi connectivity index (χ0v) is 26.5. The van der Waals surface area contributed by atoms with Gasteiger partial charge in [-0.3, -0.25) is 9.59 Å². The summed E-state index contributed by atoms with van der Waals surface area (Å²) in [6.07, 6.45) is 6.46. The maximum absolute atomic E-state index is 15.0. The van der Waals surface area contributed by atoms with E-state index in [1.165, 1.54) is 10.6 Å². The minimum Gasteiger partial charge on any atom is -0.444 e. The van der Waals surface area contributed by atoms with Crippen molar-refractivity contribution in [3.05, 3.63) is 63.1 Å². The number of hydrogen-bond donors (Lipinski definition) is 1. The number of likely N-dealkylation sites (tertiary alicyclic amines) is 1. The predicted molar refractivity (Wildman–Crippen MR) is 167 cm³/mol. The van der Waals surface area contributed by atoms with Crippen LogP contribution in [-0.4, -0.2) is 68.0 Å². The first-order valence-electron chi connectivity index (χ1n) is 16.4. The average Bonchev–Trinajstić information content (AvgIpc) is 3.95. The van der Waals surface area contributed by atoms with Gasteiger partial charge in [0.05, 0.1) is 18.9 Å². The fourth-order valence-electron chi connectivity index (χ4n) is 7.91. The second-order valence-electron chi connectivity index (χ2n) is 14.5. The lowest BCUT2D eigenvalue weighted by Gasteiger charge is -2.41. The van der Waals surface area contributed by atoms with Gasteiger partial charge in [-0.2, -0.15) is 9.50 Å². The molecule has 2 aliphatic heterocycles. The maximum Gasteiger partial charge on any atom is 0.410 e. The number of nitrogens with one attached hydrogen (secondary N) is 1. The lowest BCUT2D eigenvalue weighted by Crippen LogP contribution is -2.49. The molecular formula is C34H39FN6O5.